The minimum atomic E-state index is 0.302. The molecule has 19 heavy (non-hydrogen) atoms. The molecule has 1 aromatic carbocycles. The van der Waals surface area contributed by atoms with E-state index < -0.39 is 0 Å². The van der Waals surface area contributed by atoms with Crippen molar-refractivity contribution in [2.45, 2.75) is 33.7 Å². The van der Waals surface area contributed by atoms with Crippen LogP contribution in [0, 0.1) is 17.8 Å². The first kappa shape index (κ1) is 16.1. The van der Waals surface area contributed by atoms with Crippen LogP contribution in [-0.4, -0.2) is 13.2 Å². The van der Waals surface area contributed by atoms with Crippen LogP contribution in [0.5, 0.6) is 5.75 Å². The fourth-order valence-corrected chi connectivity index (χ4v) is 2.04. The largest absolute Gasteiger partial charge is 0.481 e. The van der Waals surface area contributed by atoms with Crippen LogP contribution < -0.4 is 10.1 Å². The van der Waals surface area contributed by atoms with Gasteiger partial charge in [0.15, 0.2) is 0 Å². The Balaban J connectivity index is 2.56. The molecule has 0 aliphatic carbocycles. The predicted octanol–water partition coefficient (Wildman–Crippen LogP) is 3.99. The minimum absolute atomic E-state index is 0.302. The molecule has 1 rings (SSSR count). The lowest BCUT2D eigenvalue weighted by atomic mass is 9.92. The van der Waals surface area contributed by atoms with Gasteiger partial charge < -0.3 is 10.1 Å². The molecule has 0 heterocycles. The van der Waals surface area contributed by atoms with Crippen molar-refractivity contribution in [2.24, 2.45) is 5.41 Å². The summed E-state index contributed by atoms with van der Waals surface area (Å²) in [7, 11) is 0. The van der Waals surface area contributed by atoms with E-state index in [4.69, 9.17) is 11.2 Å². The van der Waals surface area contributed by atoms with Crippen LogP contribution in [0.4, 0.5) is 0 Å². The molecule has 0 aliphatic heterocycles. The van der Waals surface area contributed by atoms with E-state index in [1.807, 2.05) is 12.1 Å². The first-order chi connectivity index (χ1) is 8.92. The summed E-state index contributed by atoms with van der Waals surface area (Å²) in [5.74, 6) is 3.34. The maximum absolute atomic E-state index is 5.54. The van der Waals surface area contributed by atoms with Crippen molar-refractivity contribution in [3.05, 3.63) is 28.2 Å². The van der Waals surface area contributed by atoms with Gasteiger partial charge in [0.2, 0.25) is 0 Å². The summed E-state index contributed by atoms with van der Waals surface area (Å²) in [5, 5.41) is 3.45. The maximum atomic E-state index is 5.54. The van der Waals surface area contributed by atoms with E-state index in [9.17, 15) is 0 Å². The second-order valence-electron chi connectivity index (χ2n) is 5.73. The lowest BCUT2D eigenvalue weighted by molar-refractivity contribution is 0.356. The third-order valence-corrected chi connectivity index (χ3v) is 3.19. The van der Waals surface area contributed by atoms with E-state index in [1.54, 1.807) is 0 Å². The van der Waals surface area contributed by atoms with Crippen molar-refractivity contribution in [1.82, 2.24) is 5.32 Å². The van der Waals surface area contributed by atoms with Gasteiger partial charge in [0.1, 0.15) is 12.4 Å². The molecule has 0 saturated carbocycles. The molecule has 0 fully saturated rings. The van der Waals surface area contributed by atoms with Crippen LogP contribution in [0.15, 0.2) is 22.7 Å². The summed E-state index contributed by atoms with van der Waals surface area (Å²) in [4.78, 5) is 0. The Hall–Kier alpha value is -0.980. The van der Waals surface area contributed by atoms with Crippen molar-refractivity contribution in [3.8, 4) is 18.1 Å². The monoisotopic (exact) mass is 323 g/mol. The third kappa shape index (κ3) is 6.66. The molecule has 0 spiro atoms. The Labute approximate surface area is 125 Å². The molecule has 0 unspecified atom stereocenters. The molecular weight excluding hydrogens is 302 g/mol. The van der Waals surface area contributed by atoms with Crippen molar-refractivity contribution in [1.29, 1.82) is 0 Å². The number of hydrogen-bond donors (Lipinski definition) is 1. The Bertz CT molecular complexity index is 443. The van der Waals surface area contributed by atoms with Crippen molar-refractivity contribution in [3.63, 3.8) is 0 Å². The van der Waals surface area contributed by atoms with E-state index in [0.717, 1.165) is 35.3 Å². The van der Waals surface area contributed by atoms with Gasteiger partial charge >= 0.3 is 0 Å². The summed E-state index contributed by atoms with van der Waals surface area (Å²) >= 11 is 3.48. The van der Waals surface area contributed by atoms with Crippen molar-refractivity contribution in [2.75, 3.05) is 13.2 Å². The topological polar surface area (TPSA) is 21.3 Å². The Morgan fingerprint density at radius 2 is 2.11 bits per heavy atom. The number of hydrogen-bond acceptors (Lipinski definition) is 2. The zero-order valence-electron chi connectivity index (χ0n) is 11.9. The van der Waals surface area contributed by atoms with Gasteiger partial charge in [0, 0.05) is 16.6 Å². The van der Waals surface area contributed by atoms with E-state index in [2.05, 4.69) is 54.0 Å². The molecule has 0 atom stereocenters. The van der Waals surface area contributed by atoms with Crippen molar-refractivity contribution >= 4 is 15.9 Å². The SMILES string of the molecule is C#CCOc1ccc(Br)cc1CNCCC(C)(C)C. The second-order valence-corrected chi connectivity index (χ2v) is 6.65. The number of halogens is 1. The molecule has 3 heteroatoms. The average molecular weight is 324 g/mol. The van der Waals surface area contributed by atoms with Gasteiger partial charge in [-0.25, -0.2) is 0 Å². The first-order valence-corrected chi connectivity index (χ1v) is 7.27. The molecular formula is C16H22BrNO. The van der Waals surface area contributed by atoms with E-state index in [0.29, 0.717) is 12.0 Å². The van der Waals surface area contributed by atoms with Crippen LogP contribution in [0.25, 0.3) is 0 Å². The molecule has 1 aromatic rings. The van der Waals surface area contributed by atoms with Gasteiger partial charge in [-0.3, -0.25) is 0 Å². The normalized spacial score (nSPS) is 11.1. The third-order valence-electron chi connectivity index (χ3n) is 2.70. The van der Waals surface area contributed by atoms with E-state index in [-0.39, 0.29) is 0 Å². The van der Waals surface area contributed by atoms with Crippen LogP contribution in [0.1, 0.15) is 32.8 Å². The van der Waals surface area contributed by atoms with E-state index >= 15 is 0 Å². The fourth-order valence-electron chi connectivity index (χ4n) is 1.63. The van der Waals surface area contributed by atoms with Crippen LogP contribution in [-0.2, 0) is 6.54 Å². The zero-order chi connectivity index (χ0) is 14.3. The highest BCUT2D eigenvalue weighted by Crippen LogP contribution is 2.23. The number of benzene rings is 1. The molecule has 0 saturated heterocycles. The van der Waals surface area contributed by atoms with Gasteiger partial charge in [0.25, 0.3) is 0 Å². The molecule has 0 bridgehead atoms. The lowest BCUT2D eigenvalue weighted by Gasteiger charge is -2.18. The van der Waals surface area contributed by atoms with Crippen LogP contribution in [0.2, 0.25) is 0 Å². The highest BCUT2D eigenvalue weighted by Gasteiger charge is 2.09. The summed E-state index contributed by atoms with van der Waals surface area (Å²) < 4.78 is 6.59. The number of nitrogens with one attached hydrogen (secondary N) is 1. The van der Waals surface area contributed by atoms with Crippen LogP contribution in [0.3, 0.4) is 0 Å². The maximum Gasteiger partial charge on any atom is 0.148 e. The van der Waals surface area contributed by atoms with Crippen molar-refractivity contribution < 1.29 is 4.74 Å². The summed E-state index contributed by atoms with van der Waals surface area (Å²) in [5.41, 5.74) is 1.48. The second kappa shape index (κ2) is 7.57. The average Bonchev–Trinajstić information content (AvgIpc) is 2.32. The summed E-state index contributed by atoms with van der Waals surface area (Å²) in [6.45, 7) is 8.82. The Morgan fingerprint density at radius 1 is 1.37 bits per heavy atom. The smallest absolute Gasteiger partial charge is 0.148 e. The quantitative estimate of drug-likeness (QED) is 0.631. The molecule has 2 nitrogen and oxygen atoms in total. The first-order valence-electron chi connectivity index (χ1n) is 6.48. The van der Waals surface area contributed by atoms with Gasteiger partial charge in [-0.15, -0.1) is 6.42 Å². The predicted molar refractivity (Wildman–Crippen MR) is 84.2 cm³/mol. The lowest BCUT2D eigenvalue weighted by Crippen LogP contribution is -2.20. The van der Waals surface area contributed by atoms with Crippen LogP contribution >= 0.6 is 15.9 Å². The number of terminal acetylenes is 1. The van der Waals surface area contributed by atoms with E-state index in [1.165, 1.54) is 0 Å². The molecule has 0 radical (unpaired) electrons. The fraction of sp³-hybridized carbons (Fsp3) is 0.500. The number of rotatable bonds is 6. The summed E-state index contributed by atoms with van der Waals surface area (Å²) in [6, 6.07) is 5.97. The molecule has 0 amide bonds. The Kier molecular flexibility index (Phi) is 6.41. The standard InChI is InChI=1S/C16H22BrNO/c1-5-10-19-15-7-6-14(17)11-13(15)12-18-9-8-16(2,3)4/h1,6-7,11,18H,8-10,12H2,2-4H3. The van der Waals surface area contributed by atoms with Gasteiger partial charge in [0.05, 0.1) is 0 Å². The zero-order valence-corrected chi connectivity index (χ0v) is 13.5. The Morgan fingerprint density at radius 3 is 2.74 bits per heavy atom. The highest BCUT2D eigenvalue weighted by molar-refractivity contribution is 9.10. The molecule has 104 valence electrons. The van der Waals surface area contributed by atoms with Gasteiger partial charge in [-0.05, 0) is 36.6 Å². The molecule has 0 aliphatic rings. The summed E-state index contributed by atoms with van der Waals surface area (Å²) in [6.07, 6.45) is 6.37. The molecule has 1 N–H and O–H groups in total. The molecule has 0 aromatic heterocycles. The van der Waals surface area contributed by atoms with Gasteiger partial charge in [-0.1, -0.05) is 42.6 Å². The van der Waals surface area contributed by atoms with Gasteiger partial charge in [-0.2, -0.15) is 0 Å². The highest BCUT2D eigenvalue weighted by atomic mass is 79.9. The minimum Gasteiger partial charge on any atom is -0.481 e. The number of ether oxygens (including phenoxy) is 1.